The number of H-pyrrole nitrogens is 1. The second kappa shape index (κ2) is 7.68. The Hall–Kier alpha value is -3.00. The van der Waals surface area contributed by atoms with Gasteiger partial charge in [0.05, 0.1) is 16.5 Å². The third-order valence-corrected chi connectivity index (χ3v) is 5.67. The van der Waals surface area contributed by atoms with Crippen LogP contribution in [0.1, 0.15) is 30.1 Å². The van der Waals surface area contributed by atoms with Gasteiger partial charge < -0.3 is 15.2 Å². The number of pyridine rings is 1. The average Bonchev–Trinajstić information content (AvgIpc) is 2.71. The molecule has 0 unspecified atom stereocenters. The fourth-order valence-corrected chi connectivity index (χ4v) is 4.08. The number of halogens is 4. The number of hydrogen-bond donors (Lipinski definition) is 2. The number of hydrogen-bond acceptors (Lipinski definition) is 2. The Kier molecular flexibility index (Phi) is 5.19. The number of aromatic nitrogens is 1. The molecule has 2 amide bonds. The highest BCUT2D eigenvalue weighted by atomic mass is 35.5. The number of aromatic amines is 1. The van der Waals surface area contributed by atoms with Crippen LogP contribution in [-0.4, -0.2) is 23.0 Å². The molecule has 0 radical (unpaired) electrons. The van der Waals surface area contributed by atoms with Gasteiger partial charge in [0.2, 0.25) is 0 Å². The van der Waals surface area contributed by atoms with Crippen molar-refractivity contribution in [3.05, 3.63) is 74.4 Å². The number of aryl methyl sites for hydroxylation is 1. The first-order chi connectivity index (χ1) is 14.3. The molecular weight excluding hydrogens is 419 g/mol. The smallest absolute Gasteiger partial charge is 0.322 e. The molecule has 0 saturated heterocycles. The summed E-state index contributed by atoms with van der Waals surface area (Å²) in [6.45, 7) is 0. The summed E-state index contributed by atoms with van der Waals surface area (Å²) < 4.78 is 41.0. The van der Waals surface area contributed by atoms with Gasteiger partial charge in [0.1, 0.15) is 5.82 Å². The summed E-state index contributed by atoms with van der Waals surface area (Å²) in [5.74, 6) is -2.78. The molecule has 1 atom stereocenters. The fourth-order valence-electron chi connectivity index (χ4n) is 3.90. The Morgan fingerprint density at radius 2 is 1.83 bits per heavy atom. The number of carbonyl (C=O) groups excluding carboxylic acids is 1. The van der Waals surface area contributed by atoms with Crippen LogP contribution in [0.5, 0.6) is 0 Å². The number of anilines is 1. The Morgan fingerprint density at radius 3 is 2.53 bits per heavy atom. The normalized spacial score (nSPS) is 15.7. The monoisotopic (exact) mass is 435 g/mol. The van der Waals surface area contributed by atoms with Crippen molar-refractivity contribution >= 4 is 34.1 Å². The van der Waals surface area contributed by atoms with Crippen LogP contribution in [0.25, 0.3) is 10.8 Å². The highest BCUT2D eigenvalue weighted by molar-refractivity contribution is 6.31. The zero-order chi connectivity index (χ0) is 21.6. The Bertz CT molecular complexity index is 1230. The minimum Gasteiger partial charge on any atom is -0.325 e. The molecule has 4 rings (SSSR count). The van der Waals surface area contributed by atoms with E-state index in [-0.39, 0.29) is 15.8 Å². The van der Waals surface area contributed by atoms with E-state index in [2.05, 4.69) is 10.3 Å². The summed E-state index contributed by atoms with van der Waals surface area (Å²) in [5.41, 5.74) is 0.994. The fraction of sp³-hybridized carbons (Fsp3) is 0.238. The first-order valence-electron chi connectivity index (χ1n) is 9.29. The van der Waals surface area contributed by atoms with Crippen molar-refractivity contribution in [2.45, 2.75) is 25.3 Å². The average molecular weight is 436 g/mol. The van der Waals surface area contributed by atoms with E-state index in [1.165, 1.54) is 17.0 Å². The van der Waals surface area contributed by atoms with Crippen LogP contribution in [0.4, 0.5) is 23.7 Å². The van der Waals surface area contributed by atoms with Crippen molar-refractivity contribution in [2.75, 3.05) is 12.4 Å². The molecule has 1 aromatic heterocycles. The van der Waals surface area contributed by atoms with Gasteiger partial charge in [0.25, 0.3) is 5.56 Å². The number of urea groups is 1. The quantitative estimate of drug-likeness (QED) is 0.585. The van der Waals surface area contributed by atoms with Crippen LogP contribution in [0.15, 0.2) is 35.1 Å². The van der Waals surface area contributed by atoms with E-state index in [1.807, 2.05) is 0 Å². The maximum absolute atomic E-state index is 14.0. The lowest BCUT2D eigenvalue weighted by Crippen LogP contribution is -2.37. The molecular formula is C21H17ClF3N3O2. The number of nitrogens with zero attached hydrogens (tertiary/aromatic N) is 1. The largest absolute Gasteiger partial charge is 0.325 e. The van der Waals surface area contributed by atoms with Gasteiger partial charge >= 0.3 is 6.03 Å². The second-order valence-corrected chi connectivity index (χ2v) is 7.64. The number of nitrogens with one attached hydrogen (secondary N) is 2. The maximum atomic E-state index is 14.0. The standard InChI is InChI=1S/C21H17ClF3N3O2/c1-28(21(30)26-10-5-6-14(23)13(22)7-10)18-4-2-3-17-19(18)11-8-15(24)16(25)9-12(11)20(29)27-17/h5-9,18H,2-4H2,1H3,(H,26,30)(H,27,29)/t18-/m1/s1. The molecule has 156 valence electrons. The number of rotatable bonds is 2. The highest BCUT2D eigenvalue weighted by Gasteiger charge is 2.30. The van der Waals surface area contributed by atoms with Crippen LogP contribution in [0.3, 0.4) is 0 Å². The van der Waals surface area contributed by atoms with Crippen LogP contribution in [-0.2, 0) is 6.42 Å². The van der Waals surface area contributed by atoms with E-state index in [4.69, 9.17) is 11.6 Å². The molecule has 3 aromatic rings. The SMILES string of the molecule is CN(C(=O)Nc1ccc(F)c(Cl)c1)[C@@H]1CCCc2[nH]c(=O)c3cc(F)c(F)cc3c21. The first kappa shape index (κ1) is 20.3. The third-order valence-electron chi connectivity index (χ3n) is 5.38. The molecule has 0 fully saturated rings. The lowest BCUT2D eigenvalue weighted by Gasteiger charge is -2.34. The van der Waals surface area contributed by atoms with E-state index in [1.54, 1.807) is 7.05 Å². The number of amides is 2. The van der Waals surface area contributed by atoms with Crippen molar-refractivity contribution in [2.24, 2.45) is 0 Å². The third kappa shape index (κ3) is 3.52. The lowest BCUT2D eigenvalue weighted by molar-refractivity contribution is 0.197. The number of benzene rings is 2. The lowest BCUT2D eigenvalue weighted by atomic mass is 9.87. The van der Waals surface area contributed by atoms with Gasteiger partial charge in [-0.2, -0.15) is 0 Å². The van der Waals surface area contributed by atoms with E-state index in [0.717, 1.165) is 18.2 Å². The minimum absolute atomic E-state index is 0.0266. The predicted molar refractivity (Wildman–Crippen MR) is 108 cm³/mol. The van der Waals surface area contributed by atoms with Crippen molar-refractivity contribution in [1.82, 2.24) is 9.88 Å². The van der Waals surface area contributed by atoms with Crippen molar-refractivity contribution in [1.29, 1.82) is 0 Å². The van der Waals surface area contributed by atoms with Gasteiger partial charge in [-0.05, 0) is 55.0 Å². The molecule has 1 aliphatic rings. The Labute approximate surface area is 174 Å². The molecule has 1 aliphatic carbocycles. The minimum atomic E-state index is -1.11. The van der Waals surface area contributed by atoms with E-state index < -0.39 is 35.1 Å². The van der Waals surface area contributed by atoms with Gasteiger partial charge in [-0.1, -0.05) is 11.6 Å². The second-order valence-electron chi connectivity index (χ2n) is 7.24. The zero-order valence-electron chi connectivity index (χ0n) is 15.9. The Morgan fingerprint density at radius 1 is 1.13 bits per heavy atom. The molecule has 1 heterocycles. The number of carbonyl (C=O) groups is 1. The molecule has 2 aromatic carbocycles. The van der Waals surface area contributed by atoms with E-state index in [9.17, 15) is 22.8 Å². The molecule has 0 spiro atoms. The van der Waals surface area contributed by atoms with Gasteiger partial charge in [-0.15, -0.1) is 0 Å². The zero-order valence-corrected chi connectivity index (χ0v) is 16.6. The Balaban J connectivity index is 1.73. The molecule has 0 aliphatic heterocycles. The summed E-state index contributed by atoms with van der Waals surface area (Å²) in [6, 6.07) is 4.73. The molecule has 30 heavy (non-hydrogen) atoms. The van der Waals surface area contributed by atoms with Crippen LogP contribution in [0, 0.1) is 17.5 Å². The van der Waals surface area contributed by atoms with Crippen LogP contribution < -0.4 is 10.9 Å². The topological polar surface area (TPSA) is 65.2 Å². The molecule has 2 N–H and O–H groups in total. The highest BCUT2D eigenvalue weighted by Crippen LogP contribution is 2.37. The van der Waals surface area contributed by atoms with Crippen LogP contribution >= 0.6 is 11.6 Å². The molecule has 0 bridgehead atoms. The van der Waals surface area contributed by atoms with Crippen molar-refractivity contribution in [3.8, 4) is 0 Å². The van der Waals surface area contributed by atoms with Gasteiger partial charge in [0.15, 0.2) is 11.6 Å². The van der Waals surface area contributed by atoms with Crippen molar-refractivity contribution < 1.29 is 18.0 Å². The van der Waals surface area contributed by atoms with Crippen LogP contribution in [0.2, 0.25) is 5.02 Å². The summed E-state index contributed by atoms with van der Waals surface area (Å²) in [4.78, 5) is 29.3. The summed E-state index contributed by atoms with van der Waals surface area (Å²) in [6.07, 6.45) is 1.82. The van der Waals surface area contributed by atoms with E-state index >= 15 is 0 Å². The first-order valence-corrected chi connectivity index (χ1v) is 9.66. The van der Waals surface area contributed by atoms with E-state index in [0.29, 0.717) is 36.2 Å². The molecule has 5 nitrogen and oxygen atoms in total. The summed E-state index contributed by atoms with van der Waals surface area (Å²) in [7, 11) is 1.57. The maximum Gasteiger partial charge on any atom is 0.322 e. The van der Waals surface area contributed by atoms with Gasteiger partial charge in [0, 0.05) is 24.0 Å². The summed E-state index contributed by atoms with van der Waals surface area (Å²) >= 11 is 5.76. The predicted octanol–water partition coefficient (Wildman–Crippen LogP) is 5.14. The molecule has 9 heteroatoms. The van der Waals surface area contributed by atoms with Crippen molar-refractivity contribution in [3.63, 3.8) is 0 Å². The molecule has 0 saturated carbocycles. The number of fused-ring (bicyclic) bond motifs is 3. The van der Waals surface area contributed by atoms with Gasteiger partial charge in [-0.25, -0.2) is 18.0 Å². The van der Waals surface area contributed by atoms with Gasteiger partial charge in [-0.3, -0.25) is 4.79 Å². The summed E-state index contributed by atoms with van der Waals surface area (Å²) in [5, 5.41) is 2.83.